The first kappa shape index (κ1) is 12.7. The summed E-state index contributed by atoms with van der Waals surface area (Å²) in [5.74, 6) is 0.342. The molecule has 0 aliphatic rings. The van der Waals surface area contributed by atoms with Crippen molar-refractivity contribution in [2.24, 2.45) is 0 Å². The highest BCUT2D eigenvalue weighted by atomic mass is 19.4. The number of alkyl halides is 3. The molecule has 98 valence electrons. The number of hydrogen-bond donors (Lipinski definition) is 1. The van der Waals surface area contributed by atoms with Gasteiger partial charge in [0.05, 0.1) is 11.0 Å². The number of nitrogen functional groups attached to an aromatic ring is 1. The van der Waals surface area contributed by atoms with Gasteiger partial charge in [0.15, 0.2) is 0 Å². The van der Waals surface area contributed by atoms with Crippen molar-refractivity contribution in [1.82, 2.24) is 9.55 Å². The van der Waals surface area contributed by atoms with E-state index in [-0.39, 0.29) is 5.92 Å². The SMILES string of the molecule is CC(C)c1nc2cc(N)ccc2n1CC(F)(F)F. The molecule has 0 fully saturated rings. The van der Waals surface area contributed by atoms with Crippen LogP contribution in [0, 0.1) is 0 Å². The minimum absolute atomic E-state index is 0.0824. The van der Waals surface area contributed by atoms with Crippen LogP contribution in [0.3, 0.4) is 0 Å². The van der Waals surface area contributed by atoms with Crippen LogP contribution in [0.2, 0.25) is 0 Å². The molecule has 0 aliphatic carbocycles. The van der Waals surface area contributed by atoms with Gasteiger partial charge in [0, 0.05) is 11.6 Å². The maximum atomic E-state index is 12.6. The van der Waals surface area contributed by atoms with Crippen molar-refractivity contribution in [3.05, 3.63) is 24.0 Å². The Hall–Kier alpha value is -1.72. The van der Waals surface area contributed by atoms with Crippen molar-refractivity contribution in [1.29, 1.82) is 0 Å². The lowest BCUT2D eigenvalue weighted by Crippen LogP contribution is -2.19. The highest BCUT2D eigenvalue weighted by Crippen LogP contribution is 2.27. The summed E-state index contributed by atoms with van der Waals surface area (Å²) in [6, 6.07) is 4.75. The minimum atomic E-state index is -4.27. The standard InChI is InChI=1S/C12H14F3N3/c1-7(2)11-17-9-5-8(16)3-4-10(9)18(11)6-12(13,14)15/h3-5,7H,6,16H2,1-2H3. The van der Waals surface area contributed by atoms with E-state index in [1.165, 1.54) is 4.57 Å². The smallest absolute Gasteiger partial charge is 0.399 e. The minimum Gasteiger partial charge on any atom is -0.399 e. The first-order valence-corrected chi connectivity index (χ1v) is 5.60. The number of benzene rings is 1. The Balaban J connectivity index is 2.63. The predicted octanol–water partition coefficient (Wildman–Crippen LogP) is 3.30. The van der Waals surface area contributed by atoms with Gasteiger partial charge in [0.25, 0.3) is 0 Å². The number of nitrogens with two attached hydrogens (primary N) is 1. The zero-order valence-corrected chi connectivity index (χ0v) is 10.1. The fraction of sp³-hybridized carbons (Fsp3) is 0.417. The van der Waals surface area contributed by atoms with Crippen LogP contribution in [0.1, 0.15) is 25.6 Å². The Labute approximate surface area is 102 Å². The maximum absolute atomic E-state index is 12.6. The number of nitrogens with zero attached hydrogens (tertiary/aromatic N) is 2. The normalized spacial score (nSPS) is 12.6. The zero-order chi connectivity index (χ0) is 13.5. The highest BCUT2D eigenvalue weighted by Gasteiger charge is 2.30. The number of aromatic nitrogens is 2. The van der Waals surface area contributed by atoms with Gasteiger partial charge in [-0.3, -0.25) is 0 Å². The number of hydrogen-bond acceptors (Lipinski definition) is 2. The Kier molecular flexibility index (Phi) is 2.96. The molecule has 0 unspecified atom stereocenters. The highest BCUT2D eigenvalue weighted by molar-refractivity contribution is 5.79. The van der Waals surface area contributed by atoms with Gasteiger partial charge in [0.2, 0.25) is 0 Å². The van der Waals surface area contributed by atoms with Crippen molar-refractivity contribution in [3.8, 4) is 0 Å². The third kappa shape index (κ3) is 2.42. The van der Waals surface area contributed by atoms with E-state index in [4.69, 9.17) is 5.73 Å². The molecule has 0 atom stereocenters. The van der Waals surface area contributed by atoms with Gasteiger partial charge >= 0.3 is 6.18 Å². The number of imidazole rings is 1. The molecule has 0 amide bonds. The number of fused-ring (bicyclic) bond motifs is 1. The Morgan fingerprint density at radius 3 is 2.56 bits per heavy atom. The fourth-order valence-corrected chi connectivity index (χ4v) is 1.95. The van der Waals surface area contributed by atoms with Gasteiger partial charge in [-0.25, -0.2) is 4.98 Å². The fourth-order valence-electron chi connectivity index (χ4n) is 1.95. The first-order chi connectivity index (χ1) is 8.28. The molecular formula is C12H14F3N3. The van der Waals surface area contributed by atoms with Crippen molar-refractivity contribution >= 4 is 16.7 Å². The first-order valence-electron chi connectivity index (χ1n) is 5.60. The molecule has 2 aromatic rings. The van der Waals surface area contributed by atoms with Crippen molar-refractivity contribution in [2.75, 3.05) is 5.73 Å². The summed E-state index contributed by atoms with van der Waals surface area (Å²) in [6.07, 6.45) is -4.27. The molecule has 2 rings (SSSR count). The van der Waals surface area contributed by atoms with Crippen LogP contribution in [-0.2, 0) is 6.54 Å². The van der Waals surface area contributed by atoms with Gasteiger partial charge in [0.1, 0.15) is 12.4 Å². The van der Waals surface area contributed by atoms with Gasteiger partial charge in [-0.2, -0.15) is 13.2 Å². The number of anilines is 1. The average molecular weight is 257 g/mol. The maximum Gasteiger partial charge on any atom is 0.406 e. The molecule has 3 nitrogen and oxygen atoms in total. The van der Waals surface area contributed by atoms with Crippen LogP contribution < -0.4 is 5.73 Å². The van der Waals surface area contributed by atoms with E-state index < -0.39 is 12.7 Å². The van der Waals surface area contributed by atoms with E-state index in [1.54, 1.807) is 18.2 Å². The Morgan fingerprint density at radius 1 is 1.33 bits per heavy atom. The van der Waals surface area contributed by atoms with Crippen molar-refractivity contribution in [2.45, 2.75) is 32.5 Å². The van der Waals surface area contributed by atoms with E-state index in [2.05, 4.69) is 4.98 Å². The summed E-state index contributed by atoms with van der Waals surface area (Å²) >= 11 is 0. The molecule has 1 aromatic heterocycles. The van der Waals surface area contributed by atoms with Crippen LogP contribution in [0.5, 0.6) is 0 Å². The van der Waals surface area contributed by atoms with Crippen molar-refractivity contribution < 1.29 is 13.2 Å². The van der Waals surface area contributed by atoms with Crippen LogP contribution in [0.15, 0.2) is 18.2 Å². The van der Waals surface area contributed by atoms with E-state index in [0.717, 1.165) is 0 Å². The summed E-state index contributed by atoms with van der Waals surface area (Å²) < 4.78 is 39.0. The van der Waals surface area contributed by atoms with E-state index in [9.17, 15) is 13.2 Å². The summed E-state index contributed by atoms with van der Waals surface area (Å²) in [6.45, 7) is 2.61. The second-order valence-electron chi connectivity index (χ2n) is 4.57. The third-order valence-electron chi connectivity index (χ3n) is 2.66. The van der Waals surface area contributed by atoms with Crippen LogP contribution in [0.4, 0.5) is 18.9 Å². The van der Waals surface area contributed by atoms with Crippen LogP contribution in [0.25, 0.3) is 11.0 Å². The van der Waals surface area contributed by atoms with Crippen molar-refractivity contribution in [3.63, 3.8) is 0 Å². The molecule has 2 N–H and O–H groups in total. The molecule has 0 spiro atoms. The van der Waals surface area contributed by atoms with Crippen LogP contribution in [-0.4, -0.2) is 15.7 Å². The lowest BCUT2D eigenvalue weighted by molar-refractivity contribution is -0.140. The number of rotatable bonds is 2. The summed E-state index contributed by atoms with van der Waals surface area (Å²) in [5.41, 5.74) is 7.08. The molecule has 0 saturated heterocycles. The molecule has 0 bridgehead atoms. The van der Waals surface area contributed by atoms with Gasteiger partial charge < -0.3 is 10.3 Å². The molecule has 1 heterocycles. The summed E-state index contributed by atoms with van der Waals surface area (Å²) in [5, 5.41) is 0. The van der Waals surface area contributed by atoms with Gasteiger partial charge in [-0.15, -0.1) is 0 Å². The molecule has 18 heavy (non-hydrogen) atoms. The second-order valence-corrected chi connectivity index (χ2v) is 4.57. The molecule has 1 aromatic carbocycles. The largest absolute Gasteiger partial charge is 0.406 e. The summed E-state index contributed by atoms with van der Waals surface area (Å²) in [7, 11) is 0. The van der Waals surface area contributed by atoms with E-state index >= 15 is 0 Å². The molecule has 0 saturated carbocycles. The molecule has 0 radical (unpaired) electrons. The predicted molar refractivity (Wildman–Crippen MR) is 64.3 cm³/mol. The average Bonchev–Trinajstić information content (AvgIpc) is 2.54. The zero-order valence-electron chi connectivity index (χ0n) is 10.1. The second kappa shape index (κ2) is 4.19. The Bertz CT molecular complexity index is 570. The summed E-state index contributed by atoms with van der Waals surface area (Å²) in [4.78, 5) is 4.24. The molecular weight excluding hydrogens is 243 g/mol. The monoisotopic (exact) mass is 257 g/mol. The van der Waals surface area contributed by atoms with E-state index in [1.807, 2.05) is 13.8 Å². The molecule has 6 heteroatoms. The topological polar surface area (TPSA) is 43.8 Å². The van der Waals surface area contributed by atoms with E-state index in [0.29, 0.717) is 22.5 Å². The third-order valence-corrected chi connectivity index (χ3v) is 2.66. The quantitative estimate of drug-likeness (QED) is 0.839. The lowest BCUT2D eigenvalue weighted by atomic mass is 10.2. The Morgan fingerprint density at radius 2 is 2.00 bits per heavy atom. The molecule has 0 aliphatic heterocycles. The van der Waals surface area contributed by atoms with Gasteiger partial charge in [-0.1, -0.05) is 13.8 Å². The lowest BCUT2D eigenvalue weighted by Gasteiger charge is -2.13. The van der Waals surface area contributed by atoms with Gasteiger partial charge in [-0.05, 0) is 18.2 Å². The number of halogens is 3. The van der Waals surface area contributed by atoms with Crippen LogP contribution >= 0.6 is 0 Å².